The first-order valence-corrected chi connectivity index (χ1v) is 9.87. The van der Waals surface area contributed by atoms with E-state index in [-0.39, 0.29) is 6.10 Å². The number of rotatable bonds is 3. The number of likely N-dealkylation sites (tertiary alicyclic amines) is 1. The molecule has 1 fully saturated rings. The second kappa shape index (κ2) is 7.28. The summed E-state index contributed by atoms with van der Waals surface area (Å²) in [4.78, 5) is 14.4. The number of pyridine rings is 2. The Kier molecular flexibility index (Phi) is 4.47. The zero-order valence-electron chi connectivity index (χ0n) is 16.0. The summed E-state index contributed by atoms with van der Waals surface area (Å²) in [5.41, 5.74) is 5.51. The number of benzene rings is 1. The van der Waals surface area contributed by atoms with Gasteiger partial charge in [0.2, 0.25) is 0 Å². The topological polar surface area (TPSA) is 88.8 Å². The summed E-state index contributed by atoms with van der Waals surface area (Å²) in [5.74, 6) is 0. The Bertz CT molecular complexity index is 1210. The van der Waals surface area contributed by atoms with Crippen molar-refractivity contribution in [2.45, 2.75) is 25.5 Å². The highest BCUT2D eigenvalue weighted by molar-refractivity contribution is 6.06. The first kappa shape index (κ1) is 17.8. The number of nitrogens with one attached hydrogen (secondary N) is 1. The van der Waals surface area contributed by atoms with E-state index in [0.717, 1.165) is 65.5 Å². The molecule has 1 aliphatic heterocycles. The van der Waals surface area contributed by atoms with E-state index >= 15 is 0 Å². The molecule has 0 atom stereocenters. The highest BCUT2D eigenvalue weighted by Gasteiger charge is 2.17. The Labute approximate surface area is 168 Å². The quantitative estimate of drug-likeness (QED) is 0.564. The minimum atomic E-state index is -0.138. The number of aromatic nitrogens is 3. The Balaban J connectivity index is 1.42. The van der Waals surface area contributed by atoms with Gasteiger partial charge in [0, 0.05) is 42.2 Å². The zero-order chi connectivity index (χ0) is 19.8. The van der Waals surface area contributed by atoms with Gasteiger partial charge in [0.1, 0.15) is 17.4 Å². The number of aliphatic hydroxyl groups is 1. The van der Waals surface area contributed by atoms with Crippen LogP contribution in [0.25, 0.3) is 33.1 Å². The molecule has 1 saturated heterocycles. The van der Waals surface area contributed by atoms with Gasteiger partial charge in [0.15, 0.2) is 0 Å². The van der Waals surface area contributed by atoms with Crippen molar-refractivity contribution in [3.8, 4) is 17.2 Å². The third-order valence-corrected chi connectivity index (χ3v) is 5.70. The van der Waals surface area contributed by atoms with Crippen molar-refractivity contribution in [2.75, 3.05) is 13.1 Å². The first-order valence-electron chi connectivity index (χ1n) is 9.87. The number of nitriles is 1. The molecule has 6 heteroatoms. The van der Waals surface area contributed by atoms with E-state index in [0.29, 0.717) is 5.69 Å². The molecule has 4 heterocycles. The molecule has 0 unspecified atom stereocenters. The number of aliphatic hydroxyl groups excluding tert-OH is 1. The molecule has 0 spiro atoms. The van der Waals surface area contributed by atoms with E-state index in [1.807, 2.05) is 6.20 Å². The van der Waals surface area contributed by atoms with E-state index in [1.165, 1.54) is 5.56 Å². The smallest absolute Gasteiger partial charge is 0.141 e. The van der Waals surface area contributed by atoms with E-state index in [4.69, 9.17) is 5.26 Å². The van der Waals surface area contributed by atoms with Crippen molar-refractivity contribution >= 4 is 21.9 Å². The summed E-state index contributed by atoms with van der Waals surface area (Å²) in [7, 11) is 0. The van der Waals surface area contributed by atoms with Gasteiger partial charge < -0.3 is 10.1 Å². The zero-order valence-corrected chi connectivity index (χ0v) is 16.0. The maximum absolute atomic E-state index is 9.66. The van der Waals surface area contributed by atoms with Gasteiger partial charge in [-0.2, -0.15) is 5.26 Å². The second-order valence-corrected chi connectivity index (χ2v) is 7.68. The van der Waals surface area contributed by atoms with Crippen molar-refractivity contribution in [1.82, 2.24) is 19.9 Å². The summed E-state index contributed by atoms with van der Waals surface area (Å²) >= 11 is 0. The molecule has 0 amide bonds. The van der Waals surface area contributed by atoms with Gasteiger partial charge in [-0.05, 0) is 36.1 Å². The summed E-state index contributed by atoms with van der Waals surface area (Å²) < 4.78 is 0. The molecule has 0 saturated carbocycles. The van der Waals surface area contributed by atoms with Gasteiger partial charge in [-0.25, -0.2) is 9.97 Å². The fourth-order valence-electron chi connectivity index (χ4n) is 4.03. The maximum atomic E-state index is 9.66. The van der Waals surface area contributed by atoms with Crippen LogP contribution in [0.4, 0.5) is 0 Å². The molecule has 6 nitrogen and oxygen atoms in total. The maximum Gasteiger partial charge on any atom is 0.141 e. The number of piperidine rings is 1. The largest absolute Gasteiger partial charge is 0.393 e. The lowest BCUT2D eigenvalue weighted by Gasteiger charge is -2.29. The Morgan fingerprint density at radius 1 is 1.03 bits per heavy atom. The number of nitrogens with zero attached hydrogens (tertiary/aromatic N) is 4. The van der Waals surface area contributed by atoms with Crippen LogP contribution in [0.15, 0.2) is 48.8 Å². The lowest BCUT2D eigenvalue weighted by molar-refractivity contribution is 0.0792. The van der Waals surface area contributed by atoms with Gasteiger partial charge in [-0.3, -0.25) is 4.90 Å². The summed E-state index contributed by atoms with van der Waals surface area (Å²) in [5, 5.41) is 20.8. The van der Waals surface area contributed by atoms with Gasteiger partial charge >= 0.3 is 0 Å². The van der Waals surface area contributed by atoms with Crippen molar-refractivity contribution in [3.63, 3.8) is 0 Å². The predicted octanol–water partition coefficient (Wildman–Crippen LogP) is 3.61. The molecule has 3 aromatic heterocycles. The number of aromatic amines is 1. The van der Waals surface area contributed by atoms with Crippen molar-refractivity contribution in [1.29, 1.82) is 5.26 Å². The average Bonchev–Trinajstić information content (AvgIpc) is 3.13. The first-order chi connectivity index (χ1) is 14.2. The number of H-pyrrole nitrogens is 1. The molecule has 0 radical (unpaired) electrons. The SMILES string of the molecule is N#Cc1cc2c(cn1)[nH]c1ncc(-c3ccc(CN4CCC(O)CC4)cc3)cc12. The minimum absolute atomic E-state index is 0.138. The van der Waals surface area contributed by atoms with Crippen LogP contribution < -0.4 is 0 Å². The summed E-state index contributed by atoms with van der Waals surface area (Å²) in [6, 6.07) is 14.6. The molecule has 5 rings (SSSR count). The molecule has 1 aliphatic rings. The lowest BCUT2D eigenvalue weighted by Crippen LogP contribution is -2.35. The van der Waals surface area contributed by atoms with Crippen LogP contribution in [0.3, 0.4) is 0 Å². The normalized spacial score (nSPS) is 15.7. The number of fused-ring (bicyclic) bond motifs is 3. The summed E-state index contributed by atoms with van der Waals surface area (Å²) in [6.45, 7) is 2.81. The molecule has 0 aliphatic carbocycles. The average molecular weight is 383 g/mol. The Morgan fingerprint density at radius 3 is 2.59 bits per heavy atom. The van der Waals surface area contributed by atoms with Gasteiger partial charge in [0.05, 0.1) is 17.8 Å². The molecular weight excluding hydrogens is 362 g/mol. The molecule has 29 heavy (non-hydrogen) atoms. The van der Waals surface area contributed by atoms with Crippen LogP contribution in [0, 0.1) is 11.3 Å². The Morgan fingerprint density at radius 2 is 1.83 bits per heavy atom. The standard InChI is InChI=1S/C23H21N5O/c24-11-18-10-20-21-9-17(12-26-23(21)27-22(20)13-25-18)16-3-1-15(2-4-16)14-28-7-5-19(29)6-8-28/h1-4,9-10,12-13,19,29H,5-8,14H2,(H,26,27). The molecule has 144 valence electrons. The second-order valence-electron chi connectivity index (χ2n) is 7.68. The lowest BCUT2D eigenvalue weighted by atomic mass is 10.0. The van der Waals surface area contributed by atoms with Gasteiger partial charge in [-0.1, -0.05) is 24.3 Å². The number of hydrogen-bond donors (Lipinski definition) is 2. The molecule has 0 bridgehead atoms. The third-order valence-electron chi connectivity index (χ3n) is 5.70. The Hall–Kier alpha value is -3.27. The molecule has 2 N–H and O–H groups in total. The minimum Gasteiger partial charge on any atom is -0.393 e. The fourth-order valence-corrected chi connectivity index (χ4v) is 4.03. The van der Waals surface area contributed by atoms with Crippen LogP contribution >= 0.6 is 0 Å². The third kappa shape index (κ3) is 3.46. The van der Waals surface area contributed by atoms with Gasteiger partial charge in [0.25, 0.3) is 0 Å². The van der Waals surface area contributed by atoms with Crippen LogP contribution in [0.5, 0.6) is 0 Å². The molecule has 1 aromatic carbocycles. The van der Waals surface area contributed by atoms with Crippen LogP contribution in [0.1, 0.15) is 24.1 Å². The van der Waals surface area contributed by atoms with E-state index in [1.54, 1.807) is 12.3 Å². The fraction of sp³-hybridized carbons (Fsp3) is 0.261. The van der Waals surface area contributed by atoms with E-state index < -0.39 is 0 Å². The number of hydrogen-bond acceptors (Lipinski definition) is 5. The highest BCUT2D eigenvalue weighted by atomic mass is 16.3. The monoisotopic (exact) mass is 383 g/mol. The van der Waals surface area contributed by atoms with Gasteiger partial charge in [-0.15, -0.1) is 0 Å². The van der Waals surface area contributed by atoms with Crippen molar-refractivity contribution in [2.24, 2.45) is 0 Å². The van der Waals surface area contributed by atoms with E-state index in [2.05, 4.69) is 56.3 Å². The van der Waals surface area contributed by atoms with Crippen molar-refractivity contribution < 1.29 is 5.11 Å². The van der Waals surface area contributed by atoms with Crippen LogP contribution in [-0.2, 0) is 6.54 Å². The van der Waals surface area contributed by atoms with E-state index in [9.17, 15) is 5.11 Å². The van der Waals surface area contributed by atoms with Crippen LogP contribution in [-0.4, -0.2) is 44.2 Å². The van der Waals surface area contributed by atoms with Crippen LogP contribution in [0.2, 0.25) is 0 Å². The predicted molar refractivity (Wildman–Crippen MR) is 112 cm³/mol. The van der Waals surface area contributed by atoms with Crippen molar-refractivity contribution in [3.05, 3.63) is 60.0 Å². The molecular formula is C23H21N5O. The summed E-state index contributed by atoms with van der Waals surface area (Å²) in [6.07, 6.45) is 5.14. The molecule has 4 aromatic rings. The highest BCUT2D eigenvalue weighted by Crippen LogP contribution is 2.29.